The van der Waals surface area contributed by atoms with E-state index >= 15 is 0 Å². The van der Waals surface area contributed by atoms with E-state index in [1.54, 1.807) is 4.90 Å². The molecule has 1 aromatic heterocycles. The molecule has 0 aromatic carbocycles. The van der Waals surface area contributed by atoms with E-state index in [1.807, 2.05) is 20.8 Å². The van der Waals surface area contributed by atoms with E-state index in [9.17, 15) is 8.78 Å². The number of alkyl halides is 2. The minimum atomic E-state index is -2.28. The number of aromatic nitrogens is 2. The Morgan fingerprint density at radius 1 is 1.36 bits per heavy atom. The van der Waals surface area contributed by atoms with E-state index < -0.39 is 6.43 Å². The number of likely N-dealkylation sites (tertiary alicyclic amines) is 1. The Labute approximate surface area is 181 Å². The number of piperidine rings is 1. The van der Waals surface area contributed by atoms with Crippen molar-refractivity contribution in [2.24, 2.45) is 4.99 Å². The number of nitrogens with one attached hydrogen (secondary N) is 2. The zero-order valence-electron chi connectivity index (χ0n) is 16.7. The fourth-order valence-electron chi connectivity index (χ4n) is 2.94. The van der Waals surface area contributed by atoms with Crippen LogP contribution < -0.4 is 10.6 Å². The van der Waals surface area contributed by atoms with Crippen LogP contribution in [0.4, 0.5) is 8.78 Å². The number of rotatable bonds is 9. The molecule has 1 unspecified atom stereocenters. The van der Waals surface area contributed by atoms with Crippen LogP contribution in [0, 0.1) is 0 Å². The Hall–Kier alpha value is -1.08. The van der Waals surface area contributed by atoms with E-state index in [-0.39, 0.29) is 49.2 Å². The molecule has 28 heavy (non-hydrogen) atoms. The highest BCUT2D eigenvalue weighted by Crippen LogP contribution is 2.14. The molecule has 2 rings (SSSR count). The topological polar surface area (TPSA) is 87.8 Å². The summed E-state index contributed by atoms with van der Waals surface area (Å²) in [4.78, 5) is 10.6. The molecule has 0 radical (unpaired) electrons. The van der Waals surface area contributed by atoms with Crippen LogP contribution in [-0.2, 0) is 11.3 Å². The maximum Gasteiger partial charge on any atom is 0.251 e. The third kappa shape index (κ3) is 8.52. The average Bonchev–Trinajstić information content (AvgIpc) is 3.10. The zero-order chi connectivity index (χ0) is 19.6. The number of aliphatic imine (C=N–C) groups is 1. The van der Waals surface area contributed by atoms with Crippen molar-refractivity contribution < 1.29 is 18.0 Å². The summed E-state index contributed by atoms with van der Waals surface area (Å²) >= 11 is 0. The molecule has 1 atom stereocenters. The van der Waals surface area contributed by atoms with Gasteiger partial charge < -0.3 is 19.9 Å². The van der Waals surface area contributed by atoms with Gasteiger partial charge in [-0.2, -0.15) is 4.98 Å². The lowest BCUT2D eigenvalue weighted by atomic mass is 10.1. The highest BCUT2D eigenvalue weighted by atomic mass is 127. The molecule has 1 aliphatic rings. The molecule has 2 heterocycles. The Morgan fingerprint density at radius 3 is 2.68 bits per heavy atom. The zero-order valence-corrected chi connectivity index (χ0v) is 19.0. The third-order valence-electron chi connectivity index (χ3n) is 4.31. The van der Waals surface area contributed by atoms with E-state index in [0.29, 0.717) is 43.9 Å². The van der Waals surface area contributed by atoms with Crippen molar-refractivity contribution in [3.05, 3.63) is 11.7 Å². The van der Waals surface area contributed by atoms with Gasteiger partial charge in [0.05, 0.1) is 6.54 Å². The molecule has 1 saturated heterocycles. The second-order valence-electron chi connectivity index (χ2n) is 6.45. The van der Waals surface area contributed by atoms with Crippen LogP contribution in [0.1, 0.15) is 51.4 Å². The average molecular weight is 516 g/mol. The van der Waals surface area contributed by atoms with Crippen LogP contribution in [0.25, 0.3) is 0 Å². The fourth-order valence-corrected chi connectivity index (χ4v) is 2.94. The molecule has 1 fully saturated rings. The quantitative estimate of drug-likeness (QED) is 0.297. The van der Waals surface area contributed by atoms with Gasteiger partial charge in [0.15, 0.2) is 11.8 Å². The van der Waals surface area contributed by atoms with Crippen LogP contribution in [0.3, 0.4) is 0 Å². The lowest BCUT2D eigenvalue weighted by Gasteiger charge is -2.32. The molecule has 11 heteroatoms. The van der Waals surface area contributed by atoms with E-state index in [4.69, 9.17) is 9.26 Å². The largest absolute Gasteiger partial charge is 0.371 e. The number of guanidine groups is 1. The highest BCUT2D eigenvalue weighted by molar-refractivity contribution is 14.0. The minimum absolute atomic E-state index is 0. The van der Waals surface area contributed by atoms with Gasteiger partial charge in [-0.25, -0.2) is 13.8 Å². The van der Waals surface area contributed by atoms with Gasteiger partial charge in [0.25, 0.3) is 6.43 Å². The lowest BCUT2D eigenvalue weighted by Crippen LogP contribution is -2.49. The molecule has 0 amide bonds. The van der Waals surface area contributed by atoms with Crippen molar-refractivity contribution in [1.29, 1.82) is 0 Å². The molecule has 0 saturated carbocycles. The second kappa shape index (κ2) is 13.2. The molecule has 1 aromatic rings. The van der Waals surface area contributed by atoms with Gasteiger partial charge in [0, 0.05) is 32.3 Å². The minimum Gasteiger partial charge on any atom is -0.371 e. The number of hydrogen-bond acceptors (Lipinski definition) is 6. The van der Waals surface area contributed by atoms with Crippen molar-refractivity contribution in [3.63, 3.8) is 0 Å². The number of halogens is 3. The van der Waals surface area contributed by atoms with Gasteiger partial charge in [-0.3, -0.25) is 4.90 Å². The summed E-state index contributed by atoms with van der Waals surface area (Å²) in [5.74, 6) is 1.58. The summed E-state index contributed by atoms with van der Waals surface area (Å²) < 4.78 is 35.6. The molecule has 0 bridgehead atoms. The normalized spacial score (nSPS) is 17.4. The Kier molecular flexibility index (Phi) is 11.8. The summed E-state index contributed by atoms with van der Waals surface area (Å²) in [5, 5.41) is 10.5. The van der Waals surface area contributed by atoms with Gasteiger partial charge in [-0.05, 0) is 33.6 Å². The monoisotopic (exact) mass is 516 g/mol. The summed E-state index contributed by atoms with van der Waals surface area (Å²) in [6.45, 7) is 8.47. The van der Waals surface area contributed by atoms with E-state index in [2.05, 4.69) is 25.8 Å². The standard InChI is InChI=1S/C17H30F2N6O2.HI/c1-4-20-17(22-13-6-8-25(9-7-13)11-14(18)19)21-10-15-23-16(24-27-15)12(3)26-5-2;/h12-14H,4-11H2,1-3H3,(H2,20,21,22);1H. The van der Waals surface area contributed by atoms with Crippen LogP contribution in [0.15, 0.2) is 9.52 Å². The predicted molar refractivity (Wildman–Crippen MR) is 113 cm³/mol. The lowest BCUT2D eigenvalue weighted by molar-refractivity contribution is 0.0683. The molecule has 162 valence electrons. The molecule has 2 N–H and O–H groups in total. The Morgan fingerprint density at radius 2 is 2.07 bits per heavy atom. The van der Waals surface area contributed by atoms with Gasteiger partial charge >= 0.3 is 0 Å². The first-order valence-electron chi connectivity index (χ1n) is 9.51. The summed E-state index contributed by atoms with van der Waals surface area (Å²) in [6, 6.07) is 0.202. The van der Waals surface area contributed by atoms with Gasteiger partial charge in [0.2, 0.25) is 5.89 Å². The van der Waals surface area contributed by atoms with Gasteiger partial charge in [0.1, 0.15) is 12.6 Å². The predicted octanol–water partition coefficient (Wildman–Crippen LogP) is 2.57. The van der Waals surface area contributed by atoms with E-state index in [1.165, 1.54) is 0 Å². The van der Waals surface area contributed by atoms with Crippen molar-refractivity contribution in [1.82, 2.24) is 25.7 Å². The van der Waals surface area contributed by atoms with Crippen molar-refractivity contribution in [3.8, 4) is 0 Å². The maximum atomic E-state index is 12.5. The Balaban J connectivity index is 0.00000392. The van der Waals surface area contributed by atoms with Crippen LogP contribution in [0.2, 0.25) is 0 Å². The van der Waals surface area contributed by atoms with E-state index in [0.717, 1.165) is 12.8 Å². The molecular formula is C17H31F2IN6O2. The number of nitrogens with zero attached hydrogens (tertiary/aromatic N) is 4. The van der Waals surface area contributed by atoms with Gasteiger partial charge in [-0.1, -0.05) is 5.16 Å². The first kappa shape index (κ1) is 25.0. The number of ether oxygens (including phenoxy) is 1. The SMILES string of the molecule is CCNC(=NCc1nc(C(C)OCC)no1)NC1CCN(CC(F)F)CC1.I. The summed E-state index contributed by atoms with van der Waals surface area (Å²) in [6.07, 6.45) is -0.902. The molecule has 0 spiro atoms. The molecular weight excluding hydrogens is 485 g/mol. The number of hydrogen-bond donors (Lipinski definition) is 2. The van der Waals surface area contributed by atoms with Crippen molar-refractivity contribution >= 4 is 29.9 Å². The first-order chi connectivity index (χ1) is 13.0. The fraction of sp³-hybridized carbons (Fsp3) is 0.824. The summed E-state index contributed by atoms with van der Waals surface area (Å²) in [7, 11) is 0. The van der Waals surface area contributed by atoms with Crippen LogP contribution in [0.5, 0.6) is 0 Å². The van der Waals surface area contributed by atoms with Crippen LogP contribution >= 0.6 is 24.0 Å². The second-order valence-corrected chi connectivity index (χ2v) is 6.45. The first-order valence-corrected chi connectivity index (χ1v) is 9.51. The maximum absolute atomic E-state index is 12.5. The highest BCUT2D eigenvalue weighted by Gasteiger charge is 2.22. The molecule has 8 nitrogen and oxygen atoms in total. The Bertz CT molecular complexity index is 582. The van der Waals surface area contributed by atoms with Crippen molar-refractivity contribution in [2.75, 3.05) is 32.8 Å². The van der Waals surface area contributed by atoms with Crippen LogP contribution in [-0.4, -0.2) is 66.3 Å². The van der Waals surface area contributed by atoms with Gasteiger partial charge in [-0.15, -0.1) is 24.0 Å². The third-order valence-corrected chi connectivity index (χ3v) is 4.31. The summed E-state index contributed by atoms with van der Waals surface area (Å²) in [5.41, 5.74) is 0. The molecule has 1 aliphatic heterocycles. The smallest absolute Gasteiger partial charge is 0.251 e. The van der Waals surface area contributed by atoms with Crippen molar-refractivity contribution in [2.45, 2.75) is 58.7 Å². The molecule has 0 aliphatic carbocycles.